The van der Waals surface area contributed by atoms with E-state index in [0.717, 1.165) is 49.5 Å². The van der Waals surface area contributed by atoms with E-state index in [-0.39, 0.29) is 0 Å². The van der Waals surface area contributed by atoms with Crippen molar-refractivity contribution in [2.45, 2.75) is 0 Å². The fourth-order valence-electron chi connectivity index (χ4n) is 9.92. The smallest absolute Gasteiger partial charge is 0.165 e. The Morgan fingerprint density at radius 3 is 1.64 bits per heavy atom. The summed E-state index contributed by atoms with van der Waals surface area (Å²) in [5.74, 6) is 0.840. The predicted molar refractivity (Wildman–Crippen MR) is 248 cm³/mol. The second kappa shape index (κ2) is 11.3. The van der Waals surface area contributed by atoms with Crippen molar-refractivity contribution in [2.24, 2.45) is 0 Å². The average Bonchev–Trinajstić information content (AvgIpc) is 4.02. The van der Waals surface area contributed by atoms with E-state index in [1.54, 1.807) is 11.3 Å². The van der Waals surface area contributed by atoms with Gasteiger partial charge in [-0.25, -0.2) is 9.97 Å². The van der Waals surface area contributed by atoms with Crippen molar-refractivity contribution in [3.63, 3.8) is 0 Å². The van der Waals surface area contributed by atoms with Crippen LogP contribution in [-0.2, 0) is 0 Å². The van der Waals surface area contributed by atoms with Gasteiger partial charge < -0.3 is 4.57 Å². The molecule has 0 radical (unpaired) electrons. The highest BCUT2D eigenvalue weighted by Gasteiger charge is 2.27. The molecule has 0 fully saturated rings. The second-order valence-corrected chi connectivity index (χ2v) is 17.4. The van der Waals surface area contributed by atoms with Gasteiger partial charge in [0.05, 0.1) is 22.1 Å². The summed E-state index contributed by atoms with van der Waals surface area (Å²) in [6.45, 7) is 0. The Bertz CT molecular complexity index is 4030. The van der Waals surface area contributed by atoms with Gasteiger partial charge in [0, 0.05) is 63.1 Å². The molecule has 0 atom stereocenters. The molecule has 0 unspecified atom stereocenters. The minimum atomic E-state index is 0.840. The first-order valence-corrected chi connectivity index (χ1v) is 21.2. The molecule has 0 aliphatic heterocycles. The number of fused-ring (bicyclic) bond motifs is 9. The summed E-state index contributed by atoms with van der Waals surface area (Å²) in [6, 6.07) is 62.1. The monoisotopic (exact) mass is 772 g/mol. The van der Waals surface area contributed by atoms with Gasteiger partial charge in [-0.05, 0) is 76.1 Å². The molecule has 0 aliphatic rings. The molecule has 6 heteroatoms. The SMILES string of the molecule is c1ccc(-n2c3cccc4c5ccccc5c5cccc6c5c5c(c43)c2ccc5n6-c2nc3c(nc2-c2ccc4c(c2)sc2ccccc24)sc2ccccc23)cc1. The minimum absolute atomic E-state index is 0.840. The predicted octanol–water partition coefficient (Wildman–Crippen LogP) is 14.8. The molecule has 14 rings (SSSR count). The molecule has 9 aromatic carbocycles. The van der Waals surface area contributed by atoms with Gasteiger partial charge in [-0.1, -0.05) is 115 Å². The number of thiophene rings is 2. The molecule has 0 amide bonds. The molecule has 5 heterocycles. The van der Waals surface area contributed by atoms with Crippen LogP contribution < -0.4 is 0 Å². The third kappa shape index (κ3) is 3.98. The minimum Gasteiger partial charge on any atom is -0.309 e. The summed E-state index contributed by atoms with van der Waals surface area (Å²) >= 11 is 3.56. The van der Waals surface area contributed by atoms with Gasteiger partial charge >= 0.3 is 0 Å². The maximum atomic E-state index is 5.72. The summed E-state index contributed by atoms with van der Waals surface area (Å²) in [5, 5.41) is 13.7. The lowest BCUT2D eigenvalue weighted by Gasteiger charge is -2.13. The Hall–Kier alpha value is -7.12. The molecule has 0 spiro atoms. The van der Waals surface area contributed by atoms with Crippen molar-refractivity contribution >= 4 is 128 Å². The van der Waals surface area contributed by atoms with Crippen LogP contribution in [0.25, 0.3) is 129 Å². The van der Waals surface area contributed by atoms with Gasteiger partial charge in [-0.2, -0.15) is 0 Å². The lowest BCUT2D eigenvalue weighted by molar-refractivity contribution is 1.09. The highest BCUT2D eigenvalue weighted by molar-refractivity contribution is 7.26. The molecule has 0 saturated carbocycles. The van der Waals surface area contributed by atoms with E-state index in [2.05, 4.69) is 179 Å². The number of aromatic nitrogens is 4. The van der Waals surface area contributed by atoms with Gasteiger partial charge in [-0.15, -0.1) is 22.7 Å². The molecular weight excluding hydrogens is 745 g/mol. The Morgan fingerprint density at radius 2 is 0.914 bits per heavy atom. The van der Waals surface area contributed by atoms with Gasteiger partial charge in [0.1, 0.15) is 16.0 Å². The highest BCUT2D eigenvalue weighted by Crippen LogP contribution is 2.49. The molecule has 5 aromatic heterocycles. The van der Waals surface area contributed by atoms with Crippen molar-refractivity contribution in [1.82, 2.24) is 19.1 Å². The standard InChI is InChI=1S/C52H28N4S2/c1-2-12-30(13-3-1)55-38-20-10-18-35-31-14-4-5-15-32(31)36-19-11-21-39-46(36)48-41(27-26-40(55)47(48)45(35)38)56(39)51-49(54-52-50(53-51)37-17-7-9-23-43(37)58-52)29-24-25-34-33-16-6-8-22-42(33)57-44(34)28-29/h1-28H. The summed E-state index contributed by atoms with van der Waals surface area (Å²) in [6.07, 6.45) is 0. The number of nitrogens with zero attached hydrogens (tertiary/aromatic N) is 4. The summed E-state index contributed by atoms with van der Waals surface area (Å²) in [5.41, 5.74) is 8.65. The van der Waals surface area contributed by atoms with Crippen LogP contribution in [0.4, 0.5) is 0 Å². The van der Waals surface area contributed by atoms with E-state index in [9.17, 15) is 0 Å². The van der Waals surface area contributed by atoms with Crippen molar-refractivity contribution in [3.8, 4) is 22.8 Å². The first kappa shape index (κ1) is 31.0. The Kier molecular flexibility index (Phi) is 6.02. The largest absolute Gasteiger partial charge is 0.309 e. The molecule has 0 aliphatic carbocycles. The second-order valence-electron chi connectivity index (χ2n) is 15.3. The Labute approximate surface area is 338 Å². The number of hydrogen-bond donors (Lipinski definition) is 0. The van der Waals surface area contributed by atoms with Crippen LogP contribution in [-0.4, -0.2) is 19.1 Å². The molecule has 4 nitrogen and oxygen atoms in total. The average molecular weight is 773 g/mol. The lowest BCUT2D eigenvalue weighted by Crippen LogP contribution is -2.03. The van der Waals surface area contributed by atoms with E-state index >= 15 is 0 Å². The van der Waals surface area contributed by atoms with Crippen LogP contribution in [0, 0.1) is 0 Å². The van der Waals surface area contributed by atoms with Crippen molar-refractivity contribution in [1.29, 1.82) is 0 Å². The topological polar surface area (TPSA) is 35.6 Å². The summed E-state index contributed by atoms with van der Waals surface area (Å²) in [7, 11) is 0. The zero-order chi connectivity index (χ0) is 37.6. The fourth-order valence-corrected chi connectivity index (χ4v) is 12.1. The normalized spacial score (nSPS) is 12.5. The maximum absolute atomic E-state index is 5.72. The van der Waals surface area contributed by atoms with Crippen molar-refractivity contribution < 1.29 is 0 Å². The zero-order valence-corrected chi connectivity index (χ0v) is 32.4. The molecule has 14 aromatic rings. The molecule has 0 N–H and O–H groups in total. The maximum Gasteiger partial charge on any atom is 0.165 e. The van der Waals surface area contributed by atoms with Gasteiger partial charge in [0.2, 0.25) is 0 Å². The van der Waals surface area contributed by atoms with E-state index < -0.39 is 0 Å². The molecule has 0 bridgehead atoms. The Morgan fingerprint density at radius 1 is 0.362 bits per heavy atom. The third-order valence-electron chi connectivity index (χ3n) is 12.3. The first-order valence-electron chi connectivity index (χ1n) is 19.6. The number of benzene rings is 8. The van der Waals surface area contributed by atoms with E-state index in [1.807, 2.05) is 11.3 Å². The zero-order valence-electron chi connectivity index (χ0n) is 30.8. The van der Waals surface area contributed by atoms with Crippen LogP contribution in [0.3, 0.4) is 0 Å². The highest BCUT2D eigenvalue weighted by atomic mass is 32.1. The third-order valence-corrected chi connectivity index (χ3v) is 14.5. The summed E-state index contributed by atoms with van der Waals surface area (Å²) in [4.78, 5) is 12.3. The number of hydrogen-bond acceptors (Lipinski definition) is 4. The van der Waals surface area contributed by atoms with Crippen LogP contribution >= 0.6 is 22.7 Å². The molecule has 268 valence electrons. The van der Waals surface area contributed by atoms with Crippen LogP contribution in [0.1, 0.15) is 0 Å². The molecule has 0 saturated heterocycles. The Balaban J connectivity index is 1.20. The van der Waals surface area contributed by atoms with Gasteiger partial charge in [0.15, 0.2) is 5.82 Å². The van der Waals surface area contributed by atoms with Crippen LogP contribution in [0.15, 0.2) is 170 Å². The lowest BCUT2D eigenvalue weighted by atomic mass is 9.95. The van der Waals surface area contributed by atoms with E-state index in [0.29, 0.717) is 0 Å². The molecule has 58 heavy (non-hydrogen) atoms. The fraction of sp³-hybridized carbons (Fsp3) is 0. The number of rotatable bonds is 3. The first-order chi connectivity index (χ1) is 28.8. The quantitative estimate of drug-likeness (QED) is 0.179. The molecular formula is C52H28N4S2. The van der Waals surface area contributed by atoms with Crippen LogP contribution in [0.2, 0.25) is 0 Å². The van der Waals surface area contributed by atoms with Gasteiger partial charge in [-0.3, -0.25) is 4.57 Å². The van der Waals surface area contributed by atoms with Gasteiger partial charge in [0.25, 0.3) is 0 Å². The van der Waals surface area contributed by atoms with Crippen molar-refractivity contribution in [2.75, 3.05) is 0 Å². The van der Waals surface area contributed by atoms with E-state index in [4.69, 9.17) is 9.97 Å². The van der Waals surface area contributed by atoms with Crippen molar-refractivity contribution in [3.05, 3.63) is 170 Å². The summed E-state index contributed by atoms with van der Waals surface area (Å²) < 4.78 is 8.59. The van der Waals surface area contributed by atoms with Crippen LogP contribution in [0.5, 0.6) is 0 Å². The van der Waals surface area contributed by atoms with E-state index in [1.165, 1.54) is 79.0 Å². The number of para-hydroxylation sites is 1.